The van der Waals surface area contributed by atoms with Crippen molar-refractivity contribution in [2.75, 3.05) is 0 Å². The maximum absolute atomic E-state index is 11.2. The number of unbranched alkanes of at least 4 members (excludes halogenated alkanes) is 9. The molecule has 0 aliphatic heterocycles. The Balaban J connectivity index is 0. The van der Waals surface area contributed by atoms with Crippen LogP contribution in [0.3, 0.4) is 0 Å². The van der Waals surface area contributed by atoms with Crippen molar-refractivity contribution >= 4 is 16.1 Å². The van der Waals surface area contributed by atoms with Gasteiger partial charge in [-0.05, 0) is 24.5 Å². The van der Waals surface area contributed by atoms with Crippen LogP contribution in [-0.2, 0) is 16.5 Å². The fourth-order valence-electron chi connectivity index (χ4n) is 2.76. The number of aryl methyl sites for hydroxylation is 1. The largest absolute Gasteiger partial charge is 1.00 e. The van der Waals surface area contributed by atoms with Crippen LogP contribution < -0.4 is 62.9 Å². The number of hydrogen-bond donors (Lipinski definition) is 2. The molecule has 1 aromatic carbocycles. The summed E-state index contributed by atoms with van der Waals surface area (Å²) in [5.74, 6) is 0. The molecular weight excluding hydrogens is 391 g/mol. The minimum Gasteiger partial charge on any atom is -0.744 e. The van der Waals surface area contributed by atoms with E-state index in [2.05, 4.69) is 18.4 Å². The zero-order chi connectivity index (χ0) is 19.8. The summed E-state index contributed by atoms with van der Waals surface area (Å²) >= 11 is 0. The summed E-state index contributed by atoms with van der Waals surface area (Å²) < 4.78 is 33.5. The molecule has 0 aliphatic rings. The molecule has 150 valence electrons. The number of nitrogens with two attached hydrogens (primary N) is 2. The van der Waals surface area contributed by atoms with Gasteiger partial charge in [-0.1, -0.05) is 82.9 Å². The van der Waals surface area contributed by atoms with Gasteiger partial charge in [0.2, 0.25) is 0 Å². The Hall–Kier alpha value is 0.0364. The van der Waals surface area contributed by atoms with E-state index in [1.807, 2.05) is 0 Å². The fourth-order valence-corrected chi connectivity index (χ4v) is 3.49. The fraction of sp³-hybridized carbons (Fsp3) is 0.632. The van der Waals surface area contributed by atoms with E-state index in [0.29, 0.717) is 12.0 Å². The van der Waals surface area contributed by atoms with Gasteiger partial charge in [0.15, 0.2) is 0 Å². The van der Waals surface area contributed by atoms with E-state index in [1.165, 1.54) is 57.4 Å². The van der Waals surface area contributed by atoms with Crippen LogP contribution >= 0.6 is 0 Å². The number of carbonyl (C=O) groups excluding carboxylic acids is 1. The number of primary amides is 2. The molecule has 0 fully saturated rings. The Kier molecular flexibility index (Phi) is 19.6. The number of carbonyl (C=O) groups is 1. The number of amides is 2. The van der Waals surface area contributed by atoms with Gasteiger partial charge in [-0.2, -0.15) is 0 Å². The zero-order valence-electron chi connectivity index (χ0n) is 16.8. The van der Waals surface area contributed by atoms with Gasteiger partial charge in [-0.25, -0.2) is 13.2 Å². The van der Waals surface area contributed by atoms with Crippen LogP contribution in [0.5, 0.6) is 0 Å². The summed E-state index contributed by atoms with van der Waals surface area (Å²) in [5, 5.41) is 0. The third kappa shape index (κ3) is 17.8. The average Bonchev–Trinajstić information content (AvgIpc) is 2.55. The van der Waals surface area contributed by atoms with Gasteiger partial charge in [0.1, 0.15) is 10.1 Å². The monoisotopic (exact) mass is 424 g/mol. The molecule has 0 radical (unpaired) electrons. The Labute approximate surface area is 207 Å². The summed E-state index contributed by atoms with van der Waals surface area (Å²) in [6.45, 7) is 2.23. The van der Waals surface area contributed by atoms with Gasteiger partial charge in [0, 0.05) is 0 Å². The van der Waals surface area contributed by atoms with Crippen LogP contribution in [0.1, 0.15) is 76.7 Å². The molecule has 1 aromatic rings. The predicted octanol–water partition coefficient (Wildman–Crippen LogP) is 1.08. The second-order valence-electron chi connectivity index (χ2n) is 6.40. The summed E-state index contributed by atoms with van der Waals surface area (Å²) in [5.41, 5.74) is 9.16. The van der Waals surface area contributed by atoms with Crippen LogP contribution in [-0.4, -0.2) is 19.0 Å². The van der Waals surface area contributed by atoms with E-state index in [-0.39, 0.29) is 56.3 Å². The normalized spacial score (nSPS) is 10.4. The van der Waals surface area contributed by atoms with Crippen molar-refractivity contribution in [3.8, 4) is 0 Å². The third-order valence-corrected chi connectivity index (χ3v) is 4.98. The number of hydrogen-bond acceptors (Lipinski definition) is 4. The summed E-state index contributed by atoms with van der Waals surface area (Å²) in [7, 11) is -4.35. The third-order valence-electron chi connectivity index (χ3n) is 4.04. The van der Waals surface area contributed by atoms with Crippen molar-refractivity contribution in [1.82, 2.24) is 0 Å². The molecule has 4 N–H and O–H groups in total. The number of benzene rings is 1. The summed E-state index contributed by atoms with van der Waals surface area (Å²) in [4.78, 5) is 8.95. The molecule has 27 heavy (non-hydrogen) atoms. The van der Waals surface area contributed by atoms with E-state index in [9.17, 15) is 13.0 Å². The van der Waals surface area contributed by atoms with Gasteiger partial charge in [-0.15, -0.1) is 0 Å². The molecular formula is C19H33KN2O4S. The molecule has 0 saturated heterocycles. The topological polar surface area (TPSA) is 126 Å². The van der Waals surface area contributed by atoms with Crippen molar-refractivity contribution in [1.29, 1.82) is 0 Å². The quantitative estimate of drug-likeness (QED) is 0.296. The van der Waals surface area contributed by atoms with Gasteiger partial charge < -0.3 is 16.0 Å². The first-order valence-corrected chi connectivity index (χ1v) is 10.8. The molecule has 0 saturated carbocycles. The molecule has 2 amide bonds. The molecule has 0 bridgehead atoms. The van der Waals surface area contributed by atoms with Crippen molar-refractivity contribution in [3.63, 3.8) is 0 Å². The maximum Gasteiger partial charge on any atom is 1.00 e. The first-order chi connectivity index (χ1) is 12.3. The van der Waals surface area contributed by atoms with Crippen LogP contribution in [0.15, 0.2) is 29.2 Å². The first kappa shape index (κ1) is 29.2. The molecule has 6 nitrogen and oxygen atoms in total. The first-order valence-electron chi connectivity index (χ1n) is 9.37. The van der Waals surface area contributed by atoms with Crippen LogP contribution in [0, 0.1) is 0 Å². The van der Waals surface area contributed by atoms with E-state index in [0.717, 1.165) is 12.8 Å². The Morgan fingerprint density at radius 2 is 1.30 bits per heavy atom. The smallest absolute Gasteiger partial charge is 0.744 e. The molecule has 0 heterocycles. The van der Waals surface area contributed by atoms with Crippen LogP contribution in [0.4, 0.5) is 4.79 Å². The second kappa shape index (κ2) is 18.1. The van der Waals surface area contributed by atoms with Crippen molar-refractivity contribution in [2.45, 2.75) is 82.4 Å². The van der Waals surface area contributed by atoms with E-state index in [4.69, 9.17) is 4.79 Å². The Morgan fingerprint density at radius 3 is 1.74 bits per heavy atom. The Bertz CT molecular complexity index is 605. The van der Waals surface area contributed by atoms with Gasteiger partial charge in [-0.3, -0.25) is 0 Å². The average molecular weight is 425 g/mol. The van der Waals surface area contributed by atoms with Gasteiger partial charge >= 0.3 is 57.4 Å². The second-order valence-corrected chi connectivity index (χ2v) is 7.74. The molecule has 0 atom stereocenters. The summed E-state index contributed by atoms with van der Waals surface area (Å²) in [6.07, 6.45) is 13.2. The van der Waals surface area contributed by atoms with E-state index >= 15 is 0 Å². The SMILES string of the molecule is CCCCCCCCCCCCc1ccccc1S(=O)(=O)[O-].NC(N)=O.[K+]. The number of rotatable bonds is 12. The number of urea groups is 1. The zero-order valence-corrected chi connectivity index (χ0v) is 20.7. The molecule has 8 heteroatoms. The minimum atomic E-state index is -4.35. The molecule has 0 aliphatic carbocycles. The Morgan fingerprint density at radius 1 is 0.889 bits per heavy atom. The standard InChI is InChI=1S/C18H30O3S.CH4N2O.K/c1-2-3-4-5-6-7-8-9-10-11-14-17-15-12-13-16-18(17)22(19,20)21;2-1(3)4;/h12-13,15-16H,2-11,14H2,1H3,(H,19,20,21);(H4,2,3,4);/q;;+1/p-1. The molecule has 1 rings (SSSR count). The van der Waals surface area contributed by atoms with Crippen molar-refractivity contribution in [3.05, 3.63) is 29.8 Å². The minimum absolute atomic E-state index is 0. The van der Waals surface area contributed by atoms with Crippen LogP contribution in [0.2, 0.25) is 0 Å². The van der Waals surface area contributed by atoms with Crippen molar-refractivity contribution < 1.29 is 69.1 Å². The molecule has 0 unspecified atom stereocenters. The van der Waals surface area contributed by atoms with Crippen molar-refractivity contribution in [2.24, 2.45) is 11.5 Å². The maximum atomic E-state index is 11.2. The van der Waals surface area contributed by atoms with Gasteiger partial charge in [0.05, 0.1) is 4.90 Å². The summed E-state index contributed by atoms with van der Waals surface area (Å²) in [6, 6.07) is 5.72. The molecule has 0 aromatic heterocycles. The van der Waals surface area contributed by atoms with E-state index in [1.54, 1.807) is 18.2 Å². The predicted molar refractivity (Wildman–Crippen MR) is 104 cm³/mol. The van der Waals surface area contributed by atoms with Gasteiger partial charge in [0.25, 0.3) is 0 Å². The van der Waals surface area contributed by atoms with Crippen LogP contribution in [0.25, 0.3) is 0 Å². The van der Waals surface area contributed by atoms with E-state index < -0.39 is 16.1 Å². The molecule has 0 spiro atoms.